The minimum Gasteiger partial charge on any atom is -0.481 e. The molecule has 0 radical (unpaired) electrons. The van der Waals surface area contributed by atoms with Gasteiger partial charge >= 0.3 is 5.97 Å². The molecule has 5 heteroatoms. The van der Waals surface area contributed by atoms with Crippen LogP contribution in [0.4, 0.5) is 0 Å². The summed E-state index contributed by atoms with van der Waals surface area (Å²) in [5, 5.41) is 28.8. The maximum atomic E-state index is 12.2. The summed E-state index contributed by atoms with van der Waals surface area (Å²) in [4.78, 5) is 22.7. The lowest BCUT2D eigenvalue weighted by molar-refractivity contribution is -0.137. The largest absolute Gasteiger partial charge is 0.481 e. The van der Waals surface area contributed by atoms with E-state index in [-0.39, 0.29) is 30.5 Å². The lowest BCUT2D eigenvalue weighted by Gasteiger charge is -2.18. The molecule has 1 aliphatic carbocycles. The van der Waals surface area contributed by atoms with E-state index in [9.17, 15) is 19.8 Å². The highest BCUT2D eigenvalue weighted by molar-refractivity contribution is 5.84. The fraction of sp³-hybridized carbons (Fsp3) is 0.818. The third kappa shape index (κ3) is 10.1. The fourth-order valence-electron chi connectivity index (χ4n) is 3.90. The summed E-state index contributed by atoms with van der Waals surface area (Å²) in [6.07, 6.45) is 13.4. The molecule has 0 bridgehead atoms. The van der Waals surface area contributed by atoms with E-state index in [0.29, 0.717) is 0 Å². The Balaban J connectivity index is 2.30. The molecular formula is C22H38O5. The van der Waals surface area contributed by atoms with Crippen molar-refractivity contribution in [1.82, 2.24) is 0 Å². The van der Waals surface area contributed by atoms with Gasteiger partial charge < -0.3 is 15.3 Å². The number of carbonyl (C=O) groups is 2. The van der Waals surface area contributed by atoms with Crippen molar-refractivity contribution in [2.24, 2.45) is 11.8 Å². The topological polar surface area (TPSA) is 94.8 Å². The smallest absolute Gasteiger partial charge is 0.303 e. The van der Waals surface area contributed by atoms with Gasteiger partial charge in [-0.2, -0.15) is 0 Å². The maximum absolute atomic E-state index is 12.2. The zero-order valence-electron chi connectivity index (χ0n) is 16.8. The number of rotatable bonds is 15. The number of hydrogen-bond donors (Lipinski definition) is 3. The SMILES string of the molecule is CCCCC[C@H](O)/C=C/[C@H]1[C@@H](O)CC(=O)[C@@H]1CCCCCCCCC(=O)O. The van der Waals surface area contributed by atoms with Crippen LogP contribution in [0.3, 0.4) is 0 Å². The average Bonchev–Trinajstić information content (AvgIpc) is 2.88. The summed E-state index contributed by atoms with van der Waals surface area (Å²) in [7, 11) is 0. The second-order valence-corrected chi connectivity index (χ2v) is 7.92. The molecule has 0 spiro atoms. The molecule has 4 atom stereocenters. The molecule has 1 saturated carbocycles. The van der Waals surface area contributed by atoms with Crippen molar-refractivity contribution >= 4 is 11.8 Å². The molecule has 0 aromatic carbocycles. The summed E-state index contributed by atoms with van der Waals surface area (Å²) >= 11 is 0. The van der Waals surface area contributed by atoms with E-state index in [0.717, 1.165) is 70.6 Å². The van der Waals surface area contributed by atoms with Gasteiger partial charge in [0.2, 0.25) is 0 Å². The van der Waals surface area contributed by atoms with Crippen LogP contribution in [0, 0.1) is 11.8 Å². The van der Waals surface area contributed by atoms with Gasteiger partial charge in [-0.05, 0) is 19.3 Å². The average molecular weight is 383 g/mol. The van der Waals surface area contributed by atoms with E-state index in [1.54, 1.807) is 6.08 Å². The molecule has 0 aromatic heterocycles. The molecule has 0 saturated heterocycles. The van der Waals surface area contributed by atoms with Crippen molar-refractivity contribution in [3.63, 3.8) is 0 Å². The summed E-state index contributed by atoms with van der Waals surface area (Å²) in [6, 6.07) is 0. The highest BCUT2D eigenvalue weighted by atomic mass is 16.4. The number of Topliss-reactive ketones (excluding diaryl/α,β-unsaturated/α-hetero) is 1. The lowest BCUT2D eigenvalue weighted by atomic mass is 9.88. The zero-order chi connectivity index (χ0) is 20.1. The Hall–Kier alpha value is -1.20. The van der Waals surface area contributed by atoms with Crippen molar-refractivity contribution in [1.29, 1.82) is 0 Å². The highest BCUT2D eigenvalue weighted by Gasteiger charge is 2.39. The van der Waals surface area contributed by atoms with Crippen LogP contribution in [-0.2, 0) is 9.59 Å². The number of aliphatic hydroxyl groups is 2. The van der Waals surface area contributed by atoms with Gasteiger partial charge in [0.25, 0.3) is 0 Å². The second-order valence-electron chi connectivity index (χ2n) is 7.92. The van der Waals surface area contributed by atoms with Gasteiger partial charge in [-0.15, -0.1) is 0 Å². The predicted octanol–water partition coefficient (Wildman–Crippen LogP) is 4.26. The Morgan fingerprint density at radius 2 is 1.78 bits per heavy atom. The normalized spacial score (nSPS) is 24.0. The first kappa shape index (κ1) is 23.8. The van der Waals surface area contributed by atoms with E-state index in [1.807, 2.05) is 6.08 Å². The van der Waals surface area contributed by atoms with Crippen LogP contribution >= 0.6 is 0 Å². The highest BCUT2D eigenvalue weighted by Crippen LogP contribution is 2.34. The Labute approximate surface area is 163 Å². The van der Waals surface area contributed by atoms with Crippen LogP contribution in [0.2, 0.25) is 0 Å². The van der Waals surface area contributed by atoms with E-state index in [2.05, 4.69) is 6.92 Å². The summed E-state index contributed by atoms with van der Waals surface area (Å²) < 4.78 is 0. The predicted molar refractivity (Wildman–Crippen MR) is 106 cm³/mol. The molecule has 1 fully saturated rings. The number of ketones is 1. The second kappa shape index (κ2) is 13.9. The van der Waals surface area contributed by atoms with Crippen LogP contribution in [0.15, 0.2) is 12.2 Å². The minimum atomic E-state index is -0.733. The quantitative estimate of drug-likeness (QED) is 0.291. The van der Waals surface area contributed by atoms with Crippen molar-refractivity contribution in [3.8, 4) is 0 Å². The van der Waals surface area contributed by atoms with Crippen LogP contribution in [0.1, 0.15) is 90.4 Å². The lowest BCUT2D eigenvalue weighted by Crippen LogP contribution is -2.19. The molecular weight excluding hydrogens is 344 g/mol. The molecule has 27 heavy (non-hydrogen) atoms. The van der Waals surface area contributed by atoms with Gasteiger partial charge in [-0.1, -0.05) is 70.4 Å². The third-order valence-corrected chi connectivity index (χ3v) is 5.55. The van der Waals surface area contributed by atoms with Crippen LogP contribution in [0.25, 0.3) is 0 Å². The first-order chi connectivity index (χ1) is 13.0. The van der Waals surface area contributed by atoms with Gasteiger partial charge in [0.05, 0.1) is 12.2 Å². The van der Waals surface area contributed by atoms with Gasteiger partial charge in [-0.3, -0.25) is 9.59 Å². The Bertz CT molecular complexity index is 460. The standard InChI is InChI=1S/C22H38O5/c1-2-3-8-11-17(23)14-15-19-18(20(24)16-21(19)25)12-9-6-4-5-7-10-13-22(26)27/h14-15,17-19,21,23,25H,2-13,16H2,1H3,(H,26,27)/b15-14+/t17-,18+,19+,21-/m0/s1. The van der Waals surface area contributed by atoms with Crippen molar-refractivity contribution in [3.05, 3.63) is 12.2 Å². The number of carboxylic acid groups (broad SMARTS) is 1. The van der Waals surface area contributed by atoms with E-state index < -0.39 is 18.2 Å². The fourth-order valence-corrected chi connectivity index (χ4v) is 3.90. The molecule has 0 amide bonds. The van der Waals surface area contributed by atoms with E-state index >= 15 is 0 Å². The van der Waals surface area contributed by atoms with Crippen molar-refractivity contribution in [2.45, 2.75) is 103 Å². The van der Waals surface area contributed by atoms with Crippen LogP contribution < -0.4 is 0 Å². The zero-order valence-corrected chi connectivity index (χ0v) is 16.8. The Morgan fingerprint density at radius 1 is 1.11 bits per heavy atom. The molecule has 1 aliphatic rings. The third-order valence-electron chi connectivity index (χ3n) is 5.55. The van der Waals surface area contributed by atoms with Gasteiger partial charge in [0, 0.05) is 24.7 Å². The van der Waals surface area contributed by atoms with Crippen molar-refractivity contribution < 1.29 is 24.9 Å². The van der Waals surface area contributed by atoms with E-state index in [1.165, 1.54) is 0 Å². The number of hydrogen-bond acceptors (Lipinski definition) is 4. The molecule has 0 unspecified atom stereocenters. The molecule has 156 valence electrons. The molecule has 0 aliphatic heterocycles. The van der Waals surface area contributed by atoms with E-state index in [4.69, 9.17) is 5.11 Å². The Morgan fingerprint density at radius 3 is 2.44 bits per heavy atom. The first-order valence-corrected chi connectivity index (χ1v) is 10.7. The van der Waals surface area contributed by atoms with Gasteiger partial charge in [0.1, 0.15) is 5.78 Å². The molecule has 0 heterocycles. The molecule has 3 N–H and O–H groups in total. The molecule has 0 aromatic rings. The number of aliphatic carboxylic acids is 1. The number of carboxylic acids is 1. The first-order valence-electron chi connectivity index (χ1n) is 10.7. The Kier molecular flexibility index (Phi) is 12.3. The summed E-state index contributed by atoms with van der Waals surface area (Å²) in [5.74, 6) is -0.901. The molecule has 5 nitrogen and oxygen atoms in total. The number of unbranched alkanes of at least 4 members (excludes halogenated alkanes) is 7. The van der Waals surface area contributed by atoms with Crippen LogP contribution in [0.5, 0.6) is 0 Å². The maximum Gasteiger partial charge on any atom is 0.303 e. The minimum absolute atomic E-state index is 0.133. The summed E-state index contributed by atoms with van der Waals surface area (Å²) in [6.45, 7) is 2.13. The number of carbonyl (C=O) groups excluding carboxylic acids is 1. The van der Waals surface area contributed by atoms with Gasteiger partial charge in [-0.25, -0.2) is 0 Å². The van der Waals surface area contributed by atoms with Crippen molar-refractivity contribution in [2.75, 3.05) is 0 Å². The molecule has 1 rings (SSSR count). The number of aliphatic hydroxyl groups excluding tert-OH is 2. The monoisotopic (exact) mass is 382 g/mol. The summed E-state index contributed by atoms with van der Waals surface area (Å²) in [5.41, 5.74) is 0. The van der Waals surface area contributed by atoms with Gasteiger partial charge in [0.15, 0.2) is 0 Å². The van der Waals surface area contributed by atoms with Crippen LogP contribution in [-0.4, -0.2) is 39.3 Å².